The monoisotopic (exact) mass is 213 g/mol. The third-order valence-electron chi connectivity index (χ3n) is 2.66. The second-order valence-electron chi connectivity index (χ2n) is 5.21. The van der Waals surface area contributed by atoms with Gasteiger partial charge < -0.3 is 15.3 Å². The van der Waals surface area contributed by atoms with Crippen LogP contribution in [0.2, 0.25) is 0 Å². The Morgan fingerprint density at radius 3 is 2.60 bits per heavy atom. The van der Waals surface area contributed by atoms with Crippen molar-refractivity contribution in [2.24, 2.45) is 11.7 Å². The van der Waals surface area contributed by atoms with E-state index < -0.39 is 17.1 Å². The van der Waals surface area contributed by atoms with Crippen LogP contribution in [0.4, 0.5) is 0 Å². The number of carbonyl (C=O) groups excluding carboxylic acids is 2. The molecular weight excluding hydrogens is 194 g/mol. The number of esters is 1. The van der Waals surface area contributed by atoms with Gasteiger partial charge in [0, 0.05) is 0 Å². The van der Waals surface area contributed by atoms with Gasteiger partial charge >= 0.3 is 5.97 Å². The van der Waals surface area contributed by atoms with Gasteiger partial charge in [0.15, 0.2) is 0 Å². The van der Waals surface area contributed by atoms with Crippen LogP contribution in [-0.4, -0.2) is 23.4 Å². The van der Waals surface area contributed by atoms with E-state index >= 15 is 0 Å². The van der Waals surface area contributed by atoms with Crippen molar-refractivity contribution in [1.82, 2.24) is 0 Å². The molecular formula is C11H19NO3. The second kappa shape index (κ2) is 3.93. The summed E-state index contributed by atoms with van der Waals surface area (Å²) in [6.45, 7) is 5.41. The largest absolute Gasteiger partial charge is 0.460 e. The molecule has 2 N–H and O–H groups in total. The fourth-order valence-corrected chi connectivity index (χ4v) is 1.91. The van der Waals surface area contributed by atoms with Crippen molar-refractivity contribution in [3.8, 4) is 0 Å². The maximum absolute atomic E-state index is 11.8. The van der Waals surface area contributed by atoms with Crippen molar-refractivity contribution in [1.29, 1.82) is 0 Å². The number of rotatable bonds is 2. The molecule has 0 aromatic carbocycles. The molecule has 0 heterocycles. The van der Waals surface area contributed by atoms with Crippen LogP contribution in [0.5, 0.6) is 0 Å². The van der Waals surface area contributed by atoms with Crippen LogP contribution in [0.25, 0.3) is 0 Å². The minimum Gasteiger partial charge on any atom is -0.460 e. The first kappa shape index (κ1) is 12.2. The maximum atomic E-state index is 11.8. The molecule has 86 valence electrons. The molecule has 0 spiro atoms. The molecule has 4 heteroatoms. The smallest absolute Gasteiger partial charge is 0.311 e. The molecule has 1 aliphatic rings. The number of carbonyl (C=O) groups is 2. The predicted molar refractivity (Wildman–Crippen MR) is 56.2 cm³/mol. The van der Waals surface area contributed by atoms with Gasteiger partial charge in [0.2, 0.25) is 0 Å². The van der Waals surface area contributed by atoms with E-state index in [0.717, 1.165) is 6.42 Å². The lowest BCUT2D eigenvalue weighted by atomic mass is 9.89. The first-order valence-electron chi connectivity index (χ1n) is 5.26. The zero-order valence-electron chi connectivity index (χ0n) is 9.58. The molecule has 1 aliphatic carbocycles. The highest BCUT2D eigenvalue weighted by atomic mass is 16.6. The van der Waals surface area contributed by atoms with Gasteiger partial charge in [-0.15, -0.1) is 0 Å². The van der Waals surface area contributed by atoms with Gasteiger partial charge in [-0.05, 0) is 33.6 Å². The number of aldehydes is 1. The Morgan fingerprint density at radius 2 is 2.13 bits per heavy atom. The van der Waals surface area contributed by atoms with Crippen LogP contribution in [0, 0.1) is 5.92 Å². The summed E-state index contributed by atoms with van der Waals surface area (Å²) in [4.78, 5) is 22.7. The van der Waals surface area contributed by atoms with Crippen molar-refractivity contribution in [2.75, 3.05) is 0 Å². The van der Waals surface area contributed by atoms with E-state index in [2.05, 4.69) is 0 Å². The summed E-state index contributed by atoms with van der Waals surface area (Å²) in [7, 11) is 0. The highest BCUT2D eigenvalue weighted by Crippen LogP contribution is 2.34. The third kappa shape index (κ3) is 2.78. The molecule has 0 saturated heterocycles. The van der Waals surface area contributed by atoms with Crippen molar-refractivity contribution in [3.05, 3.63) is 0 Å². The summed E-state index contributed by atoms with van der Waals surface area (Å²) in [5.41, 5.74) is 4.32. The van der Waals surface area contributed by atoms with Crippen LogP contribution in [-0.2, 0) is 14.3 Å². The molecule has 15 heavy (non-hydrogen) atoms. The zero-order chi connectivity index (χ0) is 11.7. The molecule has 0 bridgehead atoms. The number of hydrogen-bond donors (Lipinski definition) is 1. The normalized spacial score (nSPS) is 31.3. The predicted octanol–water partition coefficient (Wildman–Crippen LogP) is 1.02. The van der Waals surface area contributed by atoms with Gasteiger partial charge in [0.25, 0.3) is 0 Å². The lowest BCUT2D eigenvalue weighted by molar-refractivity contribution is -0.162. The average Bonchev–Trinajstić information content (AvgIpc) is 2.45. The molecule has 0 aromatic rings. The minimum atomic E-state index is -1.01. The van der Waals surface area contributed by atoms with Gasteiger partial charge in [-0.25, -0.2) is 0 Å². The molecule has 0 amide bonds. The topological polar surface area (TPSA) is 69.4 Å². The Hall–Kier alpha value is -0.900. The van der Waals surface area contributed by atoms with Gasteiger partial charge in [-0.1, -0.05) is 6.42 Å². The average molecular weight is 213 g/mol. The summed E-state index contributed by atoms with van der Waals surface area (Å²) < 4.78 is 5.24. The molecule has 0 aromatic heterocycles. The van der Waals surface area contributed by atoms with Gasteiger partial charge in [0.05, 0.1) is 11.5 Å². The van der Waals surface area contributed by atoms with E-state index in [9.17, 15) is 9.59 Å². The fraction of sp³-hybridized carbons (Fsp3) is 0.818. The highest BCUT2D eigenvalue weighted by Gasteiger charge is 2.45. The van der Waals surface area contributed by atoms with E-state index in [1.165, 1.54) is 0 Å². The Bertz CT molecular complexity index is 269. The zero-order valence-corrected chi connectivity index (χ0v) is 9.58. The summed E-state index contributed by atoms with van der Waals surface area (Å²) in [6, 6.07) is 0. The Balaban J connectivity index is 2.72. The first-order valence-corrected chi connectivity index (χ1v) is 5.26. The van der Waals surface area contributed by atoms with E-state index in [1.54, 1.807) is 20.8 Å². The molecule has 1 fully saturated rings. The quantitative estimate of drug-likeness (QED) is 0.549. The SMILES string of the molecule is CC(C)(C)OC(=O)C1CCCC1(N)C=O. The van der Waals surface area contributed by atoms with Gasteiger partial charge in [0.1, 0.15) is 11.9 Å². The van der Waals surface area contributed by atoms with Gasteiger partial charge in [-0.2, -0.15) is 0 Å². The van der Waals surface area contributed by atoms with Crippen LogP contribution in [0.15, 0.2) is 0 Å². The first-order chi connectivity index (χ1) is 6.78. The number of nitrogens with two attached hydrogens (primary N) is 1. The Morgan fingerprint density at radius 1 is 1.53 bits per heavy atom. The summed E-state index contributed by atoms with van der Waals surface area (Å²) >= 11 is 0. The molecule has 1 saturated carbocycles. The van der Waals surface area contributed by atoms with Crippen LogP contribution < -0.4 is 5.73 Å². The molecule has 4 nitrogen and oxygen atoms in total. The standard InChI is InChI=1S/C11H19NO3/c1-10(2,3)15-9(14)8-5-4-6-11(8,12)7-13/h7-8H,4-6,12H2,1-3H3. The summed E-state index contributed by atoms with van der Waals surface area (Å²) in [5.74, 6) is -0.830. The van der Waals surface area contributed by atoms with E-state index in [-0.39, 0.29) is 5.97 Å². The van der Waals surface area contributed by atoms with Crippen LogP contribution in [0.1, 0.15) is 40.0 Å². The minimum absolute atomic E-state index is 0.352. The summed E-state index contributed by atoms with van der Waals surface area (Å²) in [5, 5.41) is 0. The van der Waals surface area contributed by atoms with Crippen molar-refractivity contribution in [3.63, 3.8) is 0 Å². The van der Waals surface area contributed by atoms with E-state index in [1.807, 2.05) is 0 Å². The Kier molecular flexibility index (Phi) is 3.19. The molecule has 2 atom stereocenters. The highest BCUT2D eigenvalue weighted by molar-refractivity contribution is 5.82. The van der Waals surface area contributed by atoms with Crippen molar-refractivity contribution < 1.29 is 14.3 Å². The fourth-order valence-electron chi connectivity index (χ4n) is 1.91. The van der Waals surface area contributed by atoms with E-state index in [0.29, 0.717) is 19.1 Å². The lowest BCUT2D eigenvalue weighted by Gasteiger charge is -2.27. The summed E-state index contributed by atoms with van der Waals surface area (Å²) in [6.07, 6.45) is 2.71. The number of hydrogen-bond acceptors (Lipinski definition) is 4. The third-order valence-corrected chi connectivity index (χ3v) is 2.66. The lowest BCUT2D eigenvalue weighted by Crippen LogP contribution is -2.49. The van der Waals surface area contributed by atoms with Gasteiger partial charge in [-0.3, -0.25) is 4.79 Å². The molecule has 0 radical (unpaired) electrons. The van der Waals surface area contributed by atoms with Crippen molar-refractivity contribution in [2.45, 2.75) is 51.2 Å². The second-order valence-corrected chi connectivity index (χ2v) is 5.21. The van der Waals surface area contributed by atoms with E-state index in [4.69, 9.17) is 10.5 Å². The Labute approximate surface area is 90.2 Å². The molecule has 2 unspecified atom stereocenters. The molecule has 0 aliphatic heterocycles. The van der Waals surface area contributed by atoms with Crippen LogP contribution >= 0.6 is 0 Å². The van der Waals surface area contributed by atoms with Crippen molar-refractivity contribution >= 4 is 12.3 Å². The molecule has 1 rings (SSSR count). The van der Waals surface area contributed by atoms with Crippen LogP contribution in [0.3, 0.4) is 0 Å². The number of ether oxygens (including phenoxy) is 1. The maximum Gasteiger partial charge on any atom is 0.311 e.